The van der Waals surface area contributed by atoms with E-state index in [1.807, 2.05) is 45.2 Å². The zero-order valence-corrected chi connectivity index (χ0v) is 19.4. The predicted molar refractivity (Wildman–Crippen MR) is 127 cm³/mol. The van der Waals surface area contributed by atoms with Gasteiger partial charge in [0.25, 0.3) is 0 Å². The van der Waals surface area contributed by atoms with Crippen molar-refractivity contribution in [1.82, 2.24) is 19.4 Å². The number of anilines is 2. The van der Waals surface area contributed by atoms with Crippen molar-refractivity contribution in [2.45, 2.75) is 45.9 Å². The molecule has 9 nitrogen and oxygen atoms in total. The molecule has 0 aromatic heterocycles. The van der Waals surface area contributed by atoms with Crippen LogP contribution in [-0.2, 0) is 11.3 Å². The lowest BCUT2D eigenvalue weighted by atomic mass is 9.98. The van der Waals surface area contributed by atoms with E-state index in [1.54, 1.807) is 4.90 Å². The summed E-state index contributed by atoms with van der Waals surface area (Å²) in [5.41, 5.74) is 11.0. The van der Waals surface area contributed by atoms with E-state index in [9.17, 15) is 4.79 Å². The number of aryl methyl sites for hydroxylation is 1. The molecule has 0 aliphatic carbocycles. The molecule has 4 heterocycles. The van der Waals surface area contributed by atoms with Crippen molar-refractivity contribution in [2.75, 3.05) is 30.7 Å². The number of ether oxygens (including phenoxy) is 1. The molecule has 4 aliphatic heterocycles. The summed E-state index contributed by atoms with van der Waals surface area (Å²) in [6.07, 6.45) is 1.51. The molecule has 33 heavy (non-hydrogen) atoms. The van der Waals surface area contributed by atoms with Gasteiger partial charge in [0.1, 0.15) is 17.2 Å². The smallest absolute Gasteiger partial charge is 0.410 e. The van der Waals surface area contributed by atoms with Crippen molar-refractivity contribution in [2.24, 2.45) is 4.99 Å². The fraction of sp³-hybridized carbons (Fsp3) is 0.417. The SMILES string of the molecule is Cc1ccc(N)cc1-c1cc2cnc(=NC3CN(C(=O)OC(C)(C)C)C3)nc-2n2c1NCC2. The van der Waals surface area contributed by atoms with Crippen molar-refractivity contribution in [3.05, 3.63) is 41.6 Å². The summed E-state index contributed by atoms with van der Waals surface area (Å²) in [6, 6.07) is 8.05. The highest BCUT2D eigenvalue weighted by Crippen LogP contribution is 2.38. The highest BCUT2D eigenvalue weighted by atomic mass is 16.6. The van der Waals surface area contributed by atoms with Crippen molar-refractivity contribution in [3.63, 3.8) is 0 Å². The van der Waals surface area contributed by atoms with Gasteiger partial charge in [0.15, 0.2) is 0 Å². The summed E-state index contributed by atoms with van der Waals surface area (Å²) in [5.74, 6) is 1.87. The van der Waals surface area contributed by atoms with Gasteiger partial charge in [-0.3, -0.25) is 0 Å². The van der Waals surface area contributed by atoms with Crippen LogP contribution < -0.4 is 16.7 Å². The van der Waals surface area contributed by atoms with E-state index in [2.05, 4.69) is 32.9 Å². The van der Waals surface area contributed by atoms with Gasteiger partial charge >= 0.3 is 6.09 Å². The van der Waals surface area contributed by atoms with Gasteiger partial charge in [-0.25, -0.2) is 14.8 Å². The standard InChI is InChI=1S/C24H29N7O2/c1-14-5-6-16(25)10-18(14)19-9-15-11-27-22(29-20(15)31-8-7-26-21(19)31)28-17-12-30(13-17)23(32)33-24(2,3)4/h5-6,9-11,17,26H,7-8,12-13,25H2,1-4H3. The van der Waals surface area contributed by atoms with Crippen molar-refractivity contribution < 1.29 is 9.53 Å². The van der Waals surface area contributed by atoms with Crippen LogP contribution in [0.2, 0.25) is 0 Å². The zero-order valence-electron chi connectivity index (χ0n) is 19.4. The van der Waals surface area contributed by atoms with Crippen molar-refractivity contribution in [1.29, 1.82) is 0 Å². The molecule has 0 bridgehead atoms. The number of likely N-dealkylation sites (tertiary alicyclic amines) is 1. The number of nitrogens with one attached hydrogen (secondary N) is 1. The largest absolute Gasteiger partial charge is 0.444 e. The molecule has 1 saturated heterocycles. The number of hydrogen-bond acceptors (Lipinski definition) is 7. The predicted octanol–water partition coefficient (Wildman–Crippen LogP) is 2.89. The number of benzene rings is 1. The number of carbonyl (C=O) groups is 1. The minimum atomic E-state index is -0.505. The van der Waals surface area contributed by atoms with Crippen LogP contribution in [0.5, 0.6) is 0 Å². The van der Waals surface area contributed by atoms with E-state index in [0.29, 0.717) is 18.7 Å². The Bertz CT molecular complexity index is 1270. The first kappa shape index (κ1) is 21.2. The molecule has 1 aromatic rings. The van der Waals surface area contributed by atoms with Crippen molar-refractivity contribution in [3.8, 4) is 22.5 Å². The summed E-state index contributed by atoms with van der Waals surface area (Å²) < 4.78 is 7.59. The molecule has 0 atom stereocenters. The van der Waals surface area contributed by atoms with E-state index in [-0.39, 0.29) is 12.1 Å². The van der Waals surface area contributed by atoms with Crippen LogP contribution in [0.25, 0.3) is 22.5 Å². The second-order valence-electron chi connectivity index (χ2n) is 9.68. The summed E-state index contributed by atoms with van der Waals surface area (Å²) >= 11 is 0. The first-order valence-corrected chi connectivity index (χ1v) is 11.2. The van der Waals surface area contributed by atoms with Crippen LogP contribution in [-0.4, -0.2) is 56.8 Å². The summed E-state index contributed by atoms with van der Waals surface area (Å²) in [5, 5.41) is 3.50. The first-order chi connectivity index (χ1) is 15.7. The second kappa shape index (κ2) is 7.75. The van der Waals surface area contributed by atoms with Crippen LogP contribution in [0.1, 0.15) is 26.3 Å². The summed E-state index contributed by atoms with van der Waals surface area (Å²) in [4.78, 5) is 27.7. The third kappa shape index (κ3) is 4.10. The lowest BCUT2D eigenvalue weighted by Gasteiger charge is -2.37. The third-order valence-corrected chi connectivity index (χ3v) is 5.86. The number of pyridine rings is 1. The Balaban J connectivity index is 1.45. The number of nitrogens with two attached hydrogens (primary N) is 1. The maximum atomic E-state index is 12.1. The Morgan fingerprint density at radius 1 is 1.24 bits per heavy atom. The van der Waals surface area contributed by atoms with Gasteiger partial charge in [0, 0.05) is 49.2 Å². The minimum absolute atomic E-state index is 0.0274. The Morgan fingerprint density at radius 3 is 2.79 bits per heavy atom. The van der Waals surface area contributed by atoms with Crippen LogP contribution >= 0.6 is 0 Å². The van der Waals surface area contributed by atoms with E-state index >= 15 is 0 Å². The highest BCUT2D eigenvalue weighted by Gasteiger charge is 2.33. The van der Waals surface area contributed by atoms with Crippen molar-refractivity contribution >= 4 is 17.6 Å². The Labute approximate surface area is 192 Å². The van der Waals surface area contributed by atoms with E-state index in [4.69, 9.17) is 15.5 Å². The second-order valence-corrected chi connectivity index (χ2v) is 9.68. The number of rotatable bonds is 2. The monoisotopic (exact) mass is 447 g/mol. The van der Waals surface area contributed by atoms with E-state index in [0.717, 1.165) is 52.7 Å². The van der Waals surface area contributed by atoms with Gasteiger partial charge < -0.3 is 25.3 Å². The van der Waals surface area contributed by atoms with Gasteiger partial charge in [-0.05, 0) is 57.0 Å². The van der Waals surface area contributed by atoms with Crippen LogP contribution in [0.4, 0.5) is 16.3 Å². The molecule has 1 fully saturated rings. The molecule has 1 amide bonds. The number of nitrogen functional groups attached to an aromatic ring is 1. The molecular weight excluding hydrogens is 418 g/mol. The Morgan fingerprint density at radius 2 is 2.03 bits per heavy atom. The van der Waals surface area contributed by atoms with Gasteiger partial charge in [0.05, 0.1) is 6.04 Å². The molecule has 0 spiro atoms. The normalized spacial score (nSPS) is 16.5. The van der Waals surface area contributed by atoms with E-state index in [1.165, 1.54) is 0 Å². The van der Waals surface area contributed by atoms with Crippen LogP contribution in [0, 0.1) is 6.92 Å². The molecule has 1 aromatic carbocycles. The molecule has 172 valence electrons. The molecule has 4 aliphatic rings. The maximum Gasteiger partial charge on any atom is 0.410 e. The molecule has 0 unspecified atom stereocenters. The number of hydrogen-bond donors (Lipinski definition) is 2. The summed E-state index contributed by atoms with van der Waals surface area (Å²) in [6.45, 7) is 10.3. The van der Waals surface area contributed by atoms with Crippen LogP contribution in [0.3, 0.4) is 0 Å². The molecule has 5 rings (SSSR count). The maximum absolute atomic E-state index is 12.1. The average Bonchev–Trinajstić information content (AvgIpc) is 3.20. The Hall–Kier alpha value is -3.62. The minimum Gasteiger partial charge on any atom is -0.444 e. The molecule has 9 heteroatoms. The van der Waals surface area contributed by atoms with Crippen LogP contribution in [0.15, 0.2) is 35.5 Å². The lowest BCUT2D eigenvalue weighted by molar-refractivity contribution is 0.00867. The summed E-state index contributed by atoms with van der Waals surface area (Å²) in [7, 11) is 0. The number of amides is 1. The highest BCUT2D eigenvalue weighted by molar-refractivity contribution is 5.84. The number of aromatic nitrogens is 3. The number of nitrogens with zero attached hydrogens (tertiary/aromatic N) is 5. The average molecular weight is 448 g/mol. The van der Waals surface area contributed by atoms with Gasteiger partial charge in [-0.1, -0.05) is 6.07 Å². The van der Waals surface area contributed by atoms with Gasteiger partial charge in [-0.15, -0.1) is 0 Å². The fourth-order valence-electron chi connectivity index (χ4n) is 4.23. The number of fused-ring (bicyclic) bond motifs is 3. The lowest BCUT2D eigenvalue weighted by Crippen LogP contribution is -2.54. The zero-order chi connectivity index (χ0) is 23.3. The quantitative estimate of drug-likeness (QED) is 0.585. The van der Waals surface area contributed by atoms with Gasteiger partial charge in [0.2, 0.25) is 5.62 Å². The molecular formula is C24H29N7O2. The topological polar surface area (TPSA) is 111 Å². The third-order valence-electron chi connectivity index (χ3n) is 5.86. The fourth-order valence-corrected chi connectivity index (χ4v) is 4.23. The van der Waals surface area contributed by atoms with Gasteiger partial charge in [-0.2, -0.15) is 4.98 Å². The molecule has 0 radical (unpaired) electrons. The van der Waals surface area contributed by atoms with E-state index < -0.39 is 5.60 Å². The molecule has 0 saturated carbocycles. The Kier molecular flexibility index (Phi) is 4.99. The number of carbonyl (C=O) groups excluding carboxylic acids is 1. The first-order valence-electron chi connectivity index (χ1n) is 11.2. The molecule has 3 N–H and O–H groups in total.